The largest absolute Gasteiger partial charge is 0.461 e. The fourth-order valence-corrected chi connectivity index (χ4v) is 7.38. The number of benzene rings is 1. The van der Waals surface area contributed by atoms with E-state index in [-0.39, 0.29) is 37.1 Å². The highest BCUT2D eigenvalue weighted by Crippen LogP contribution is 2.57. The fraction of sp³-hybridized carbons (Fsp3) is 0.538. The molecule has 0 amide bonds. The molecule has 2 aliphatic carbocycles. The van der Waals surface area contributed by atoms with Gasteiger partial charge in [-0.2, -0.15) is 0 Å². The van der Waals surface area contributed by atoms with E-state index in [1.165, 1.54) is 6.20 Å². The van der Waals surface area contributed by atoms with Crippen LogP contribution < -0.4 is 0 Å². The molecule has 0 unspecified atom stereocenters. The maximum atomic E-state index is 13.8. The maximum Gasteiger partial charge on any atom is 0.339 e. The molecule has 10 nitrogen and oxygen atoms in total. The number of carbonyl (C=O) groups excluding carboxylic acids is 3. The van der Waals surface area contributed by atoms with E-state index < -0.39 is 46.7 Å². The lowest BCUT2D eigenvalue weighted by molar-refractivity contribution is -0.303. The van der Waals surface area contributed by atoms with Crippen molar-refractivity contribution in [3.05, 3.63) is 89.3 Å². The number of hydrogen-bond acceptors (Lipinski definition) is 10. The van der Waals surface area contributed by atoms with E-state index in [9.17, 15) is 19.6 Å². The summed E-state index contributed by atoms with van der Waals surface area (Å²) in [6.07, 6.45) is 9.85. The lowest BCUT2D eigenvalue weighted by Crippen LogP contribution is -2.53. The second kappa shape index (κ2) is 15.4. The van der Waals surface area contributed by atoms with Crippen molar-refractivity contribution >= 4 is 17.9 Å². The van der Waals surface area contributed by atoms with Crippen molar-refractivity contribution in [2.24, 2.45) is 11.3 Å². The lowest BCUT2D eigenvalue weighted by Gasteiger charge is -2.46. The average molecular weight is 676 g/mol. The van der Waals surface area contributed by atoms with Crippen LogP contribution in [0.25, 0.3) is 0 Å². The summed E-state index contributed by atoms with van der Waals surface area (Å²) in [5.41, 5.74) is -0.732. The summed E-state index contributed by atoms with van der Waals surface area (Å²) in [5.74, 6) is -2.23. The lowest BCUT2D eigenvalue weighted by atomic mass is 9.65. The zero-order valence-corrected chi connectivity index (χ0v) is 29.2. The number of ether oxygens (including phenoxy) is 4. The molecule has 1 N–H and O–H groups in total. The molecule has 6 atom stereocenters. The van der Waals surface area contributed by atoms with Crippen LogP contribution in [0, 0.1) is 11.3 Å². The van der Waals surface area contributed by atoms with Gasteiger partial charge in [0.05, 0.1) is 28.2 Å². The van der Waals surface area contributed by atoms with E-state index in [0.717, 1.165) is 24.8 Å². The number of carbonyl (C=O) groups is 3. The number of aromatic nitrogens is 1. The third-order valence-corrected chi connectivity index (χ3v) is 10.3. The molecule has 1 aromatic carbocycles. The van der Waals surface area contributed by atoms with Gasteiger partial charge in [-0.25, -0.2) is 14.5 Å². The quantitative estimate of drug-likeness (QED) is 0.0460. The van der Waals surface area contributed by atoms with Crippen LogP contribution >= 0.6 is 0 Å². The van der Waals surface area contributed by atoms with E-state index in [4.69, 9.17) is 23.8 Å². The van der Waals surface area contributed by atoms with Crippen molar-refractivity contribution in [1.29, 1.82) is 0 Å². The molecule has 0 radical (unpaired) electrons. The third kappa shape index (κ3) is 8.31. The van der Waals surface area contributed by atoms with Crippen molar-refractivity contribution in [1.82, 2.24) is 4.98 Å². The highest BCUT2D eigenvalue weighted by molar-refractivity contribution is 5.89. The van der Waals surface area contributed by atoms with E-state index in [2.05, 4.69) is 11.9 Å². The maximum absolute atomic E-state index is 13.8. The summed E-state index contributed by atoms with van der Waals surface area (Å²) < 4.78 is 25.2. The van der Waals surface area contributed by atoms with Gasteiger partial charge in [-0.3, -0.25) is 15.0 Å². The zero-order chi connectivity index (χ0) is 35.2. The molecule has 10 heteroatoms. The van der Waals surface area contributed by atoms with Crippen LogP contribution in [0.5, 0.6) is 0 Å². The standard InChI is InChI=1S/C39H49NO9/c1-6-7-9-16-33(41)47-32-22-26(2)17-18-31-38(5,48-31)23-30(46-36(43)28-15-12-21-40-24-28)34-29(37(3,4)49-44)19-20-39(32,34)25-45-35(42)27-13-10-8-11-14-27/h8,10-15,19,21-22,24,30-32,34,44H,6-7,9,16-18,20,23,25H2,1-5H3/b26-22+/t30-,31+,32+,34-,38+,39+/m1/s1. The van der Waals surface area contributed by atoms with E-state index in [1.54, 1.807) is 56.4 Å². The van der Waals surface area contributed by atoms with Crippen molar-refractivity contribution in [3.63, 3.8) is 0 Å². The monoisotopic (exact) mass is 675 g/mol. The van der Waals surface area contributed by atoms with E-state index >= 15 is 0 Å². The molecule has 5 rings (SSSR count). The molecule has 2 aromatic rings. The van der Waals surface area contributed by atoms with Gasteiger partial charge in [0.15, 0.2) is 0 Å². The summed E-state index contributed by atoms with van der Waals surface area (Å²) >= 11 is 0. The first-order valence-electron chi connectivity index (χ1n) is 17.3. The number of rotatable bonds is 12. The SMILES string of the molecule is CCCCCC(=O)O[C@H]1/C=C(\C)CC[C@@H]2O[C@@]2(C)C[C@@H](OC(=O)c2cccnc2)[C@H]2C(C(C)(C)OO)=CC[C@]12COC(=O)c1ccccc1. The molecule has 264 valence electrons. The van der Waals surface area contributed by atoms with Gasteiger partial charge in [-0.05, 0) is 89.3 Å². The highest BCUT2D eigenvalue weighted by atomic mass is 17.1. The molecule has 2 heterocycles. The van der Waals surface area contributed by atoms with Gasteiger partial charge in [0.2, 0.25) is 0 Å². The predicted octanol–water partition coefficient (Wildman–Crippen LogP) is 7.44. The first-order chi connectivity index (χ1) is 23.4. The molecule has 3 aliphatic rings. The molecule has 49 heavy (non-hydrogen) atoms. The number of fused-ring (bicyclic) bond motifs is 2. The van der Waals surface area contributed by atoms with Crippen molar-refractivity contribution < 1.29 is 43.5 Å². The van der Waals surface area contributed by atoms with Crippen LogP contribution in [0.1, 0.15) is 107 Å². The molecule has 1 aliphatic heterocycles. The van der Waals surface area contributed by atoms with Gasteiger partial charge in [-0.1, -0.05) is 49.6 Å². The van der Waals surface area contributed by atoms with Crippen LogP contribution in [-0.2, 0) is 28.6 Å². The Bertz CT molecular complexity index is 1540. The van der Waals surface area contributed by atoms with Gasteiger partial charge >= 0.3 is 17.9 Å². The Balaban J connectivity index is 1.66. The van der Waals surface area contributed by atoms with Crippen LogP contribution in [0.4, 0.5) is 0 Å². The zero-order valence-electron chi connectivity index (χ0n) is 29.2. The fourth-order valence-electron chi connectivity index (χ4n) is 7.38. The molecule has 0 saturated carbocycles. The van der Waals surface area contributed by atoms with Crippen molar-refractivity contribution in [3.8, 4) is 0 Å². The summed E-state index contributed by atoms with van der Waals surface area (Å²) in [5, 5.41) is 10.2. The smallest absolute Gasteiger partial charge is 0.339 e. The molecule has 1 aromatic heterocycles. The first kappa shape index (κ1) is 36.4. The predicted molar refractivity (Wildman–Crippen MR) is 181 cm³/mol. The number of allylic oxidation sites excluding steroid dienone is 2. The van der Waals surface area contributed by atoms with E-state index in [0.29, 0.717) is 30.4 Å². The minimum absolute atomic E-state index is 0.0789. The second-order valence-corrected chi connectivity index (χ2v) is 14.3. The second-order valence-electron chi connectivity index (χ2n) is 14.3. The first-order valence-corrected chi connectivity index (χ1v) is 17.3. The number of pyridine rings is 1. The van der Waals surface area contributed by atoms with Crippen molar-refractivity contribution in [2.75, 3.05) is 6.61 Å². The normalized spacial score (nSPS) is 29.2. The minimum Gasteiger partial charge on any atom is -0.461 e. The summed E-state index contributed by atoms with van der Waals surface area (Å²) in [6, 6.07) is 12.0. The topological polar surface area (TPSA) is 134 Å². The third-order valence-electron chi connectivity index (χ3n) is 10.3. The Kier molecular flexibility index (Phi) is 11.4. The minimum atomic E-state index is -1.24. The van der Waals surface area contributed by atoms with E-state index in [1.807, 2.05) is 32.1 Å². The summed E-state index contributed by atoms with van der Waals surface area (Å²) in [6.45, 7) is 9.35. The van der Waals surface area contributed by atoms with Crippen LogP contribution in [0.2, 0.25) is 0 Å². The van der Waals surface area contributed by atoms with Gasteiger partial charge < -0.3 is 18.9 Å². The van der Waals surface area contributed by atoms with Gasteiger partial charge in [0.25, 0.3) is 0 Å². The Morgan fingerprint density at radius 3 is 2.49 bits per heavy atom. The van der Waals surface area contributed by atoms with Crippen LogP contribution in [0.3, 0.4) is 0 Å². The summed E-state index contributed by atoms with van der Waals surface area (Å²) in [7, 11) is 0. The highest BCUT2D eigenvalue weighted by Gasteiger charge is 2.62. The molecule has 0 bridgehead atoms. The Labute approximate surface area is 288 Å². The number of unbranched alkanes of at least 4 members (excludes halogenated alkanes) is 2. The number of nitrogens with zero attached hydrogens (tertiary/aromatic N) is 1. The molecular formula is C39H49NO9. The average Bonchev–Trinajstić information content (AvgIpc) is 3.56. The number of epoxide rings is 1. The molecule has 1 fully saturated rings. The van der Waals surface area contributed by atoms with Crippen molar-refractivity contribution in [2.45, 2.75) is 115 Å². The summed E-state index contributed by atoms with van der Waals surface area (Å²) in [4.78, 5) is 50.1. The number of hydrogen-bond donors (Lipinski definition) is 1. The Hall–Kier alpha value is -3.86. The number of esters is 3. The molecule has 1 saturated heterocycles. The molecular weight excluding hydrogens is 626 g/mol. The van der Waals surface area contributed by atoms with Gasteiger partial charge in [-0.15, -0.1) is 0 Å². The van der Waals surface area contributed by atoms with Gasteiger partial charge in [0.1, 0.15) is 24.4 Å². The molecule has 0 spiro atoms. The van der Waals surface area contributed by atoms with Gasteiger partial charge in [0, 0.05) is 31.2 Å². The van der Waals surface area contributed by atoms with Crippen LogP contribution in [0.15, 0.2) is 78.2 Å². The van der Waals surface area contributed by atoms with Crippen LogP contribution in [-0.4, -0.2) is 64.3 Å². The Morgan fingerprint density at radius 2 is 1.80 bits per heavy atom. The Morgan fingerprint density at radius 1 is 1.04 bits per heavy atom.